The Hall–Kier alpha value is -1.35. The Labute approximate surface area is 115 Å². The maximum atomic E-state index is 12.4. The molecule has 0 aromatic heterocycles. The fourth-order valence-corrected chi connectivity index (χ4v) is 2.75. The molecule has 1 fully saturated rings. The highest BCUT2D eigenvalue weighted by molar-refractivity contribution is 5.94. The quantitative estimate of drug-likeness (QED) is 0.904. The highest BCUT2D eigenvalue weighted by atomic mass is 16.2. The monoisotopic (exact) mass is 260 g/mol. The number of benzene rings is 1. The lowest BCUT2D eigenvalue weighted by atomic mass is 9.94. The lowest BCUT2D eigenvalue weighted by Crippen LogP contribution is -2.38. The molecule has 0 saturated carbocycles. The van der Waals surface area contributed by atoms with E-state index in [1.807, 2.05) is 29.2 Å². The first-order valence-electron chi connectivity index (χ1n) is 7.33. The van der Waals surface area contributed by atoms with E-state index in [2.05, 4.69) is 6.92 Å². The summed E-state index contributed by atoms with van der Waals surface area (Å²) in [5, 5.41) is 0. The zero-order valence-electron chi connectivity index (χ0n) is 11.8. The molecule has 1 aromatic carbocycles. The van der Waals surface area contributed by atoms with Crippen LogP contribution in [0.4, 0.5) is 0 Å². The molecule has 3 nitrogen and oxygen atoms in total. The third-order valence-electron chi connectivity index (χ3n) is 4.09. The molecular weight excluding hydrogens is 236 g/mol. The van der Waals surface area contributed by atoms with E-state index in [-0.39, 0.29) is 5.91 Å². The van der Waals surface area contributed by atoms with Crippen LogP contribution in [0.15, 0.2) is 24.3 Å². The summed E-state index contributed by atoms with van der Waals surface area (Å²) < 4.78 is 0. The van der Waals surface area contributed by atoms with Gasteiger partial charge >= 0.3 is 0 Å². The SMILES string of the molecule is CCC1CCN(C(=O)c2cccc(CCN)c2)CC1. The maximum Gasteiger partial charge on any atom is 0.253 e. The molecule has 0 radical (unpaired) electrons. The Morgan fingerprint density at radius 2 is 2.11 bits per heavy atom. The summed E-state index contributed by atoms with van der Waals surface area (Å²) in [6.45, 7) is 4.66. The van der Waals surface area contributed by atoms with E-state index < -0.39 is 0 Å². The summed E-state index contributed by atoms with van der Waals surface area (Å²) in [6, 6.07) is 7.89. The molecular formula is C16H24N2O. The zero-order chi connectivity index (χ0) is 13.7. The van der Waals surface area contributed by atoms with Gasteiger partial charge in [0.25, 0.3) is 5.91 Å². The topological polar surface area (TPSA) is 46.3 Å². The summed E-state index contributed by atoms with van der Waals surface area (Å²) in [4.78, 5) is 14.4. The molecule has 1 amide bonds. The van der Waals surface area contributed by atoms with Crippen LogP contribution in [0.3, 0.4) is 0 Å². The molecule has 3 heteroatoms. The number of amides is 1. The van der Waals surface area contributed by atoms with Gasteiger partial charge in [0.15, 0.2) is 0 Å². The molecule has 1 aliphatic heterocycles. The maximum absolute atomic E-state index is 12.4. The van der Waals surface area contributed by atoms with Gasteiger partial charge in [-0.1, -0.05) is 25.5 Å². The standard InChI is InChI=1S/C16H24N2O/c1-2-13-7-10-18(11-8-13)16(19)15-5-3-4-14(12-15)6-9-17/h3-5,12-13H,2,6-11,17H2,1H3. The summed E-state index contributed by atoms with van der Waals surface area (Å²) in [5.74, 6) is 0.973. The van der Waals surface area contributed by atoms with Crippen LogP contribution in [0.5, 0.6) is 0 Å². The third kappa shape index (κ3) is 3.57. The number of piperidine rings is 1. The molecule has 1 saturated heterocycles. The van der Waals surface area contributed by atoms with Crippen LogP contribution >= 0.6 is 0 Å². The van der Waals surface area contributed by atoms with Gasteiger partial charge in [-0.15, -0.1) is 0 Å². The normalized spacial score (nSPS) is 16.6. The van der Waals surface area contributed by atoms with Crippen LogP contribution in [0.1, 0.15) is 42.1 Å². The van der Waals surface area contributed by atoms with Crippen LogP contribution in [0.2, 0.25) is 0 Å². The zero-order valence-corrected chi connectivity index (χ0v) is 11.8. The minimum Gasteiger partial charge on any atom is -0.339 e. The van der Waals surface area contributed by atoms with Crippen LogP contribution in [0, 0.1) is 5.92 Å². The number of likely N-dealkylation sites (tertiary alicyclic amines) is 1. The van der Waals surface area contributed by atoms with Crippen molar-refractivity contribution in [2.75, 3.05) is 19.6 Å². The molecule has 1 aliphatic rings. The first-order valence-corrected chi connectivity index (χ1v) is 7.33. The van der Waals surface area contributed by atoms with Gasteiger partial charge in [0.2, 0.25) is 0 Å². The van der Waals surface area contributed by atoms with Crippen molar-refractivity contribution in [1.29, 1.82) is 0 Å². The molecule has 104 valence electrons. The van der Waals surface area contributed by atoms with Crippen molar-refractivity contribution in [3.8, 4) is 0 Å². The molecule has 0 aliphatic carbocycles. The van der Waals surface area contributed by atoms with Gasteiger partial charge in [-0.05, 0) is 49.4 Å². The van der Waals surface area contributed by atoms with Crippen molar-refractivity contribution in [2.45, 2.75) is 32.6 Å². The Bertz CT molecular complexity index is 423. The second kappa shape index (κ2) is 6.71. The van der Waals surface area contributed by atoms with E-state index in [0.29, 0.717) is 6.54 Å². The van der Waals surface area contributed by atoms with Crippen LogP contribution < -0.4 is 5.73 Å². The number of carbonyl (C=O) groups excluding carboxylic acids is 1. The summed E-state index contributed by atoms with van der Waals surface area (Å²) in [7, 11) is 0. The van der Waals surface area contributed by atoms with Crippen LogP contribution in [-0.2, 0) is 6.42 Å². The first kappa shape index (κ1) is 14.1. The van der Waals surface area contributed by atoms with E-state index in [1.165, 1.54) is 6.42 Å². The minimum atomic E-state index is 0.174. The largest absolute Gasteiger partial charge is 0.339 e. The van der Waals surface area contributed by atoms with E-state index in [1.54, 1.807) is 0 Å². The number of rotatable bonds is 4. The van der Waals surface area contributed by atoms with E-state index in [4.69, 9.17) is 5.73 Å². The highest BCUT2D eigenvalue weighted by Gasteiger charge is 2.22. The summed E-state index contributed by atoms with van der Waals surface area (Å²) >= 11 is 0. The molecule has 0 unspecified atom stereocenters. The van der Waals surface area contributed by atoms with Gasteiger partial charge in [-0.25, -0.2) is 0 Å². The highest BCUT2D eigenvalue weighted by Crippen LogP contribution is 2.21. The number of hydrogen-bond acceptors (Lipinski definition) is 2. The summed E-state index contributed by atoms with van der Waals surface area (Å²) in [6.07, 6.45) is 4.35. The molecule has 0 spiro atoms. The molecule has 0 bridgehead atoms. The van der Waals surface area contributed by atoms with E-state index in [0.717, 1.165) is 49.4 Å². The smallest absolute Gasteiger partial charge is 0.253 e. The van der Waals surface area contributed by atoms with Crippen molar-refractivity contribution in [2.24, 2.45) is 11.7 Å². The molecule has 19 heavy (non-hydrogen) atoms. The van der Waals surface area contributed by atoms with Gasteiger partial charge in [0.05, 0.1) is 0 Å². The number of carbonyl (C=O) groups is 1. The number of hydrogen-bond donors (Lipinski definition) is 1. The Balaban J connectivity index is 2.01. The van der Waals surface area contributed by atoms with Crippen LogP contribution in [-0.4, -0.2) is 30.4 Å². The van der Waals surface area contributed by atoms with E-state index in [9.17, 15) is 4.79 Å². The fraction of sp³-hybridized carbons (Fsp3) is 0.562. The van der Waals surface area contributed by atoms with Gasteiger partial charge in [0.1, 0.15) is 0 Å². The lowest BCUT2D eigenvalue weighted by Gasteiger charge is -2.31. The first-order chi connectivity index (χ1) is 9.24. The predicted octanol–water partition coefficient (Wildman–Crippen LogP) is 2.45. The van der Waals surface area contributed by atoms with Crippen molar-refractivity contribution in [3.05, 3.63) is 35.4 Å². The fourth-order valence-electron chi connectivity index (χ4n) is 2.75. The lowest BCUT2D eigenvalue weighted by molar-refractivity contribution is 0.0688. The van der Waals surface area contributed by atoms with Gasteiger partial charge in [-0.3, -0.25) is 4.79 Å². The second-order valence-corrected chi connectivity index (χ2v) is 5.38. The average Bonchev–Trinajstić information content (AvgIpc) is 2.47. The van der Waals surface area contributed by atoms with Gasteiger partial charge < -0.3 is 10.6 Å². The van der Waals surface area contributed by atoms with Crippen molar-refractivity contribution >= 4 is 5.91 Å². The third-order valence-corrected chi connectivity index (χ3v) is 4.09. The van der Waals surface area contributed by atoms with Crippen molar-refractivity contribution in [3.63, 3.8) is 0 Å². The molecule has 2 N–H and O–H groups in total. The summed E-state index contributed by atoms with van der Waals surface area (Å²) in [5.41, 5.74) is 7.52. The number of nitrogens with two attached hydrogens (primary N) is 1. The average molecular weight is 260 g/mol. The predicted molar refractivity (Wildman–Crippen MR) is 78.1 cm³/mol. The second-order valence-electron chi connectivity index (χ2n) is 5.38. The Morgan fingerprint density at radius 3 is 2.74 bits per heavy atom. The minimum absolute atomic E-state index is 0.174. The molecule has 2 rings (SSSR count). The number of nitrogens with zero attached hydrogens (tertiary/aromatic N) is 1. The van der Waals surface area contributed by atoms with Crippen LogP contribution in [0.25, 0.3) is 0 Å². The Kier molecular flexibility index (Phi) is 4.97. The molecule has 1 heterocycles. The Morgan fingerprint density at radius 1 is 1.37 bits per heavy atom. The molecule has 1 aromatic rings. The van der Waals surface area contributed by atoms with Gasteiger partial charge in [0, 0.05) is 18.7 Å². The van der Waals surface area contributed by atoms with E-state index >= 15 is 0 Å². The molecule has 0 atom stereocenters. The van der Waals surface area contributed by atoms with Gasteiger partial charge in [-0.2, -0.15) is 0 Å². The van der Waals surface area contributed by atoms with Crippen molar-refractivity contribution < 1.29 is 4.79 Å². The van der Waals surface area contributed by atoms with Crippen molar-refractivity contribution in [1.82, 2.24) is 4.90 Å².